The monoisotopic (exact) mass is 357 g/mol. The highest BCUT2D eigenvalue weighted by Gasteiger charge is 2.14. The zero-order valence-electron chi connectivity index (χ0n) is 16.1. The minimum Gasteiger partial charge on any atom is -0.352 e. The summed E-state index contributed by atoms with van der Waals surface area (Å²) in [7, 11) is 0. The number of hydrogen-bond donors (Lipinski definition) is 2. The van der Waals surface area contributed by atoms with Crippen molar-refractivity contribution in [2.75, 3.05) is 26.2 Å². The largest absolute Gasteiger partial charge is 0.352 e. The van der Waals surface area contributed by atoms with Gasteiger partial charge in [-0.3, -0.25) is 9.69 Å². The van der Waals surface area contributed by atoms with Crippen LogP contribution in [0.4, 0.5) is 0 Å². The smallest absolute Gasteiger partial charge is 0.220 e. The van der Waals surface area contributed by atoms with Crippen LogP contribution < -0.4 is 10.6 Å². The molecule has 2 aliphatic rings. The van der Waals surface area contributed by atoms with Crippen LogP contribution in [0.1, 0.15) is 62.5 Å². The van der Waals surface area contributed by atoms with E-state index in [-0.39, 0.29) is 5.91 Å². The summed E-state index contributed by atoms with van der Waals surface area (Å²) >= 11 is 0. The first-order valence-electron chi connectivity index (χ1n) is 10.6. The summed E-state index contributed by atoms with van der Waals surface area (Å²) in [4.78, 5) is 14.7. The molecule has 2 fully saturated rings. The molecule has 0 radical (unpaired) electrons. The van der Waals surface area contributed by atoms with Gasteiger partial charge in [0.15, 0.2) is 0 Å². The van der Waals surface area contributed by atoms with Crippen molar-refractivity contribution in [2.45, 2.75) is 64.5 Å². The first-order chi connectivity index (χ1) is 12.8. The van der Waals surface area contributed by atoms with Crippen molar-refractivity contribution in [3.05, 3.63) is 35.4 Å². The molecule has 1 aromatic carbocycles. The molecule has 26 heavy (non-hydrogen) atoms. The van der Waals surface area contributed by atoms with Crippen molar-refractivity contribution >= 4 is 5.91 Å². The molecule has 3 rings (SSSR count). The van der Waals surface area contributed by atoms with Crippen molar-refractivity contribution in [3.8, 4) is 0 Å². The Morgan fingerprint density at radius 1 is 1.08 bits per heavy atom. The van der Waals surface area contributed by atoms with Crippen LogP contribution in [0.2, 0.25) is 0 Å². The molecule has 0 saturated carbocycles. The Labute approximate surface area is 158 Å². The Morgan fingerprint density at radius 2 is 1.81 bits per heavy atom. The molecule has 0 bridgehead atoms. The lowest BCUT2D eigenvalue weighted by Gasteiger charge is -2.22. The zero-order chi connectivity index (χ0) is 18.0. The number of amides is 1. The number of nitrogens with one attached hydrogen (secondary N) is 2. The van der Waals surface area contributed by atoms with Gasteiger partial charge in [-0.2, -0.15) is 0 Å². The summed E-state index contributed by atoms with van der Waals surface area (Å²) in [6, 6.07) is 8.73. The van der Waals surface area contributed by atoms with E-state index in [0.717, 1.165) is 32.0 Å². The molecular weight excluding hydrogens is 322 g/mol. The van der Waals surface area contributed by atoms with Gasteiger partial charge in [-0.05, 0) is 75.3 Å². The molecular formula is C22H35N3O. The molecule has 1 amide bonds. The lowest BCUT2D eigenvalue weighted by Crippen LogP contribution is -2.29. The summed E-state index contributed by atoms with van der Waals surface area (Å²) in [5, 5.41) is 6.49. The lowest BCUT2D eigenvalue weighted by molar-refractivity contribution is -0.121. The predicted molar refractivity (Wildman–Crippen MR) is 107 cm³/mol. The minimum absolute atomic E-state index is 0.196. The second-order valence-electron chi connectivity index (χ2n) is 8.02. The van der Waals surface area contributed by atoms with Crippen LogP contribution in [-0.4, -0.2) is 37.0 Å². The van der Waals surface area contributed by atoms with Gasteiger partial charge in [-0.1, -0.05) is 37.1 Å². The number of hydrogen-bond acceptors (Lipinski definition) is 3. The Balaban J connectivity index is 1.40. The third kappa shape index (κ3) is 6.73. The average molecular weight is 358 g/mol. The van der Waals surface area contributed by atoms with E-state index < -0.39 is 0 Å². The maximum Gasteiger partial charge on any atom is 0.220 e. The molecule has 0 atom stereocenters. The van der Waals surface area contributed by atoms with E-state index >= 15 is 0 Å². The summed E-state index contributed by atoms with van der Waals surface area (Å²) in [5.41, 5.74) is 2.58. The molecule has 4 heteroatoms. The number of carbonyl (C=O) groups is 1. The fraction of sp³-hybridized carbons (Fsp3) is 0.682. The van der Waals surface area contributed by atoms with Gasteiger partial charge in [0.2, 0.25) is 5.91 Å². The van der Waals surface area contributed by atoms with Crippen molar-refractivity contribution in [2.24, 2.45) is 5.92 Å². The van der Waals surface area contributed by atoms with Crippen molar-refractivity contribution < 1.29 is 4.79 Å². The molecule has 0 unspecified atom stereocenters. The third-order valence-electron chi connectivity index (χ3n) is 5.82. The minimum atomic E-state index is 0.196. The first kappa shape index (κ1) is 19.4. The molecule has 1 aromatic rings. The molecule has 2 heterocycles. The van der Waals surface area contributed by atoms with E-state index in [4.69, 9.17) is 0 Å². The van der Waals surface area contributed by atoms with Crippen molar-refractivity contribution in [1.29, 1.82) is 0 Å². The van der Waals surface area contributed by atoms with E-state index in [0.29, 0.717) is 13.0 Å². The fourth-order valence-corrected chi connectivity index (χ4v) is 4.19. The molecule has 2 N–H and O–H groups in total. The van der Waals surface area contributed by atoms with Gasteiger partial charge in [0.05, 0.1) is 0 Å². The van der Waals surface area contributed by atoms with Crippen molar-refractivity contribution in [3.63, 3.8) is 0 Å². The summed E-state index contributed by atoms with van der Waals surface area (Å²) in [6.07, 6.45) is 9.53. The van der Waals surface area contributed by atoms with Crippen LogP contribution in [0, 0.1) is 5.92 Å². The topological polar surface area (TPSA) is 44.4 Å². The van der Waals surface area contributed by atoms with Crippen LogP contribution in [0.15, 0.2) is 24.3 Å². The maximum atomic E-state index is 12.2. The quantitative estimate of drug-likeness (QED) is 0.785. The molecule has 144 valence electrons. The number of carbonyl (C=O) groups excluding carboxylic acids is 1. The number of likely N-dealkylation sites (tertiary alicyclic amines) is 1. The summed E-state index contributed by atoms with van der Waals surface area (Å²) < 4.78 is 0. The van der Waals surface area contributed by atoms with Gasteiger partial charge in [-0.15, -0.1) is 0 Å². The molecule has 4 nitrogen and oxygen atoms in total. The zero-order valence-corrected chi connectivity index (χ0v) is 16.1. The van der Waals surface area contributed by atoms with E-state index in [1.54, 1.807) is 0 Å². The van der Waals surface area contributed by atoms with Crippen LogP contribution in [0.5, 0.6) is 0 Å². The van der Waals surface area contributed by atoms with Crippen LogP contribution in [0.25, 0.3) is 0 Å². The summed E-state index contributed by atoms with van der Waals surface area (Å²) in [6.45, 7) is 6.35. The van der Waals surface area contributed by atoms with Gasteiger partial charge < -0.3 is 10.6 Å². The standard InChI is InChI=1S/C22H35N3O/c26-22(9-8-19-10-12-23-13-11-19)24-17-20-6-5-7-21(16-20)18-25-14-3-1-2-4-15-25/h5-7,16,19,23H,1-4,8-15,17-18H2,(H,24,26). The summed E-state index contributed by atoms with van der Waals surface area (Å²) in [5.74, 6) is 0.917. The van der Waals surface area contributed by atoms with Crippen molar-refractivity contribution in [1.82, 2.24) is 15.5 Å². The molecule has 0 spiro atoms. The van der Waals surface area contributed by atoms with Crippen LogP contribution in [-0.2, 0) is 17.9 Å². The van der Waals surface area contributed by atoms with Gasteiger partial charge in [0, 0.05) is 19.5 Å². The molecule has 2 saturated heterocycles. The van der Waals surface area contributed by atoms with Gasteiger partial charge >= 0.3 is 0 Å². The van der Waals surface area contributed by atoms with E-state index in [1.165, 1.54) is 62.7 Å². The van der Waals surface area contributed by atoms with Gasteiger partial charge in [0.1, 0.15) is 0 Å². The fourth-order valence-electron chi connectivity index (χ4n) is 4.19. The van der Waals surface area contributed by atoms with E-state index in [2.05, 4.69) is 39.8 Å². The Kier molecular flexibility index (Phi) is 7.96. The maximum absolute atomic E-state index is 12.2. The second-order valence-corrected chi connectivity index (χ2v) is 8.02. The third-order valence-corrected chi connectivity index (χ3v) is 5.82. The Bertz CT molecular complexity index is 546. The van der Waals surface area contributed by atoms with E-state index in [9.17, 15) is 4.79 Å². The van der Waals surface area contributed by atoms with Crippen LogP contribution in [0.3, 0.4) is 0 Å². The number of benzene rings is 1. The van der Waals surface area contributed by atoms with E-state index in [1.807, 2.05) is 0 Å². The Morgan fingerprint density at radius 3 is 2.58 bits per heavy atom. The number of nitrogens with zero attached hydrogens (tertiary/aromatic N) is 1. The Hall–Kier alpha value is -1.39. The highest BCUT2D eigenvalue weighted by Crippen LogP contribution is 2.18. The first-order valence-corrected chi connectivity index (χ1v) is 10.6. The number of rotatable bonds is 7. The van der Waals surface area contributed by atoms with Gasteiger partial charge in [-0.25, -0.2) is 0 Å². The number of piperidine rings is 1. The average Bonchev–Trinajstić information content (AvgIpc) is 2.94. The highest BCUT2D eigenvalue weighted by atomic mass is 16.1. The highest BCUT2D eigenvalue weighted by molar-refractivity contribution is 5.75. The predicted octanol–water partition coefficient (Wildman–Crippen LogP) is 3.46. The molecule has 2 aliphatic heterocycles. The van der Waals surface area contributed by atoms with Crippen LogP contribution >= 0.6 is 0 Å². The normalized spacial score (nSPS) is 19.8. The lowest BCUT2D eigenvalue weighted by atomic mass is 9.93. The molecule has 0 aromatic heterocycles. The molecule has 0 aliphatic carbocycles. The SMILES string of the molecule is O=C(CCC1CCNCC1)NCc1cccc(CN2CCCCCC2)c1. The van der Waals surface area contributed by atoms with Gasteiger partial charge in [0.25, 0.3) is 0 Å². The second kappa shape index (κ2) is 10.7.